The maximum absolute atomic E-state index is 12.1. The van der Waals surface area contributed by atoms with Crippen LogP contribution >= 0.6 is 11.3 Å². The number of nitrogens with zero attached hydrogens (tertiary/aromatic N) is 1. The fraction of sp³-hybridized carbons (Fsp3) is 0.333. The number of carbonyl (C=O) groups excluding carboxylic acids is 1. The van der Waals surface area contributed by atoms with E-state index in [1.54, 1.807) is 11.3 Å². The first-order valence-electron chi connectivity index (χ1n) is 6.58. The average molecular weight is 289 g/mol. The molecule has 4 nitrogen and oxygen atoms in total. The number of hydrogen-bond acceptors (Lipinski definition) is 4. The Morgan fingerprint density at radius 3 is 2.90 bits per heavy atom. The van der Waals surface area contributed by atoms with E-state index in [2.05, 4.69) is 15.6 Å². The van der Waals surface area contributed by atoms with Gasteiger partial charge in [0, 0.05) is 29.1 Å². The van der Waals surface area contributed by atoms with Crippen LogP contribution < -0.4 is 10.6 Å². The molecule has 2 N–H and O–H groups in total. The second-order valence-corrected chi connectivity index (χ2v) is 5.79. The third-order valence-corrected chi connectivity index (χ3v) is 3.87. The van der Waals surface area contributed by atoms with Crippen molar-refractivity contribution in [1.82, 2.24) is 15.6 Å². The maximum Gasteiger partial charge on any atom is 0.251 e. The monoisotopic (exact) mass is 289 g/mol. The van der Waals surface area contributed by atoms with Gasteiger partial charge in [0.2, 0.25) is 0 Å². The second kappa shape index (κ2) is 6.63. The molecule has 0 saturated carbocycles. The minimum atomic E-state index is -0.0547. The number of amides is 1. The molecule has 2 rings (SSSR count). The summed E-state index contributed by atoms with van der Waals surface area (Å²) in [6.45, 7) is 4.61. The highest BCUT2D eigenvalue weighted by atomic mass is 32.1. The van der Waals surface area contributed by atoms with Crippen LogP contribution in [0.25, 0.3) is 11.3 Å². The Balaban J connectivity index is 2.11. The predicted octanol–water partition coefficient (Wildman–Crippen LogP) is 2.46. The number of carbonyl (C=O) groups is 1. The van der Waals surface area contributed by atoms with Gasteiger partial charge in [-0.05, 0) is 33.0 Å². The standard InChI is InChI=1S/C15H19N3OS/c1-10(16-3)8-17-15(19)13-6-4-5-12(7-13)14-9-20-11(2)18-14/h4-7,9-10,16H,8H2,1-3H3,(H,17,19). The highest BCUT2D eigenvalue weighted by Crippen LogP contribution is 2.22. The fourth-order valence-corrected chi connectivity index (χ4v) is 2.39. The van der Waals surface area contributed by atoms with Gasteiger partial charge in [-0.2, -0.15) is 0 Å². The third kappa shape index (κ3) is 3.65. The minimum absolute atomic E-state index is 0.0547. The lowest BCUT2D eigenvalue weighted by Gasteiger charge is -2.11. The Hall–Kier alpha value is -1.72. The van der Waals surface area contributed by atoms with Crippen LogP contribution in [0.15, 0.2) is 29.6 Å². The first-order valence-corrected chi connectivity index (χ1v) is 7.46. The molecule has 0 fully saturated rings. The van der Waals surface area contributed by atoms with E-state index in [1.165, 1.54) is 0 Å². The predicted molar refractivity (Wildman–Crippen MR) is 83.1 cm³/mol. The van der Waals surface area contributed by atoms with Crippen LogP contribution in [-0.2, 0) is 0 Å². The normalized spacial score (nSPS) is 12.2. The minimum Gasteiger partial charge on any atom is -0.350 e. The summed E-state index contributed by atoms with van der Waals surface area (Å²) in [4.78, 5) is 16.5. The van der Waals surface area contributed by atoms with Crippen LogP contribution in [-0.4, -0.2) is 30.5 Å². The van der Waals surface area contributed by atoms with Gasteiger partial charge in [0.05, 0.1) is 10.7 Å². The smallest absolute Gasteiger partial charge is 0.251 e. The summed E-state index contributed by atoms with van der Waals surface area (Å²) in [7, 11) is 1.88. The van der Waals surface area contributed by atoms with Gasteiger partial charge in [-0.3, -0.25) is 4.79 Å². The van der Waals surface area contributed by atoms with Crippen molar-refractivity contribution >= 4 is 17.2 Å². The molecule has 106 valence electrons. The van der Waals surface area contributed by atoms with Gasteiger partial charge in [0.15, 0.2) is 0 Å². The lowest BCUT2D eigenvalue weighted by Crippen LogP contribution is -2.37. The van der Waals surface area contributed by atoms with E-state index in [0.717, 1.165) is 16.3 Å². The Bertz CT molecular complexity index is 594. The maximum atomic E-state index is 12.1. The van der Waals surface area contributed by atoms with Crippen LogP contribution in [0.3, 0.4) is 0 Å². The zero-order valence-corrected chi connectivity index (χ0v) is 12.8. The molecule has 0 bridgehead atoms. The zero-order chi connectivity index (χ0) is 14.5. The second-order valence-electron chi connectivity index (χ2n) is 4.73. The van der Waals surface area contributed by atoms with Crippen molar-refractivity contribution in [2.24, 2.45) is 0 Å². The summed E-state index contributed by atoms with van der Waals surface area (Å²) >= 11 is 1.61. The van der Waals surface area contributed by atoms with E-state index < -0.39 is 0 Å². The number of hydrogen-bond donors (Lipinski definition) is 2. The molecule has 1 atom stereocenters. The summed E-state index contributed by atoms with van der Waals surface area (Å²) in [6.07, 6.45) is 0. The lowest BCUT2D eigenvalue weighted by atomic mass is 10.1. The number of benzene rings is 1. The molecule has 0 aliphatic rings. The summed E-state index contributed by atoms with van der Waals surface area (Å²) in [5, 5.41) is 9.04. The van der Waals surface area contributed by atoms with Gasteiger partial charge in [0.25, 0.3) is 5.91 Å². The molecule has 20 heavy (non-hydrogen) atoms. The summed E-state index contributed by atoms with van der Waals surface area (Å²) in [5.41, 5.74) is 2.56. The number of aromatic nitrogens is 1. The fourth-order valence-electron chi connectivity index (χ4n) is 1.77. The lowest BCUT2D eigenvalue weighted by molar-refractivity contribution is 0.0950. The molecule has 5 heteroatoms. The van der Waals surface area contributed by atoms with Crippen LogP contribution in [0.4, 0.5) is 0 Å². The number of thiazole rings is 1. The van der Waals surface area contributed by atoms with E-state index in [-0.39, 0.29) is 11.9 Å². The number of nitrogens with one attached hydrogen (secondary N) is 2. The van der Waals surface area contributed by atoms with E-state index >= 15 is 0 Å². The summed E-state index contributed by atoms with van der Waals surface area (Å²) < 4.78 is 0. The number of aryl methyl sites for hydroxylation is 1. The topological polar surface area (TPSA) is 54.0 Å². The van der Waals surface area contributed by atoms with Gasteiger partial charge < -0.3 is 10.6 Å². The van der Waals surface area contributed by atoms with E-state index in [0.29, 0.717) is 12.1 Å². The molecule has 1 unspecified atom stereocenters. The SMILES string of the molecule is CNC(C)CNC(=O)c1cccc(-c2csc(C)n2)c1. The first-order chi connectivity index (χ1) is 9.60. The molecule has 1 aromatic heterocycles. The van der Waals surface area contributed by atoms with Crippen LogP contribution in [0, 0.1) is 6.92 Å². The molecule has 2 aromatic rings. The molecule has 0 saturated heterocycles. The highest BCUT2D eigenvalue weighted by Gasteiger charge is 2.09. The largest absolute Gasteiger partial charge is 0.350 e. The average Bonchev–Trinajstić information content (AvgIpc) is 2.91. The molecular weight excluding hydrogens is 270 g/mol. The first kappa shape index (κ1) is 14.7. The van der Waals surface area contributed by atoms with Crippen molar-refractivity contribution in [2.45, 2.75) is 19.9 Å². The quantitative estimate of drug-likeness (QED) is 0.889. The molecule has 0 aliphatic carbocycles. The number of rotatable bonds is 5. The van der Waals surface area contributed by atoms with Crippen molar-refractivity contribution in [3.05, 3.63) is 40.2 Å². The molecular formula is C15H19N3OS. The molecule has 1 aromatic carbocycles. The zero-order valence-electron chi connectivity index (χ0n) is 11.9. The molecule has 1 amide bonds. The van der Waals surface area contributed by atoms with Gasteiger partial charge >= 0.3 is 0 Å². The Labute approximate surface area is 123 Å². The molecule has 1 heterocycles. The van der Waals surface area contributed by atoms with Crippen molar-refractivity contribution < 1.29 is 4.79 Å². The molecule has 0 aliphatic heterocycles. The summed E-state index contributed by atoms with van der Waals surface area (Å²) in [5.74, 6) is -0.0547. The summed E-state index contributed by atoms with van der Waals surface area (Å²) in [6, 6.07) is 7.82. The van der Waals surface area contributed by atoms with Gasteiger partial charge in [0.1, 0.15) is 0 Å². The number of likely N-dealkylation sites (N-methyl/N-ethyl adjacent to an activating group) is 1. The van der Waals surface area contributed by atoms with Gasteiger partial charge in [-0.1, -0.05) is 12.1 Å². The molecule has 0 spiro atoms. The van der Waals surface area contributed by atoms with Crippen molar-refractivity contribution in [3.8, 4) is 11.3 Å². The van der Waals surface area contributed by atoms with Crippen molar-refractivity contribution in [2.75, 3.05) is 13.6 Å². The van der Waals surface area contributed by atoms with E-state index in [9.17, 15) is 4.79 Å². The van der Waals surface area contributed by atoms with Crippen molar-refractivity contribution in [1.29, 1.82) is 0 Å². The Kier molecular flexibility index (Phi) is 4.87. The van der Waals surface area contributed by atoms with E-state index in [4.69, 9.17) is 0 Å². The van der Waals surface area contributed by atoms with Crippen LogP contribution in [0.2, 0.25) is 0 Å². The van der Waals surface area contributed by atoms with Crippen molar-refractivity contribution in [3.63, 3.8) is 0 Å². The molecule has 0 radical (unpaired) electrons. The third-order valence-electron chi connectivity index (χ3n) is 3.10. The van der Waals surface area contributed by atoms with Gasteiger partial charge in [-0.25, -0.2) is 4.98 Å². The van der Waals surface area contributed by atoms with E-state index in [1.807, 2.05) is 50.5 Å². The Morgan fingerprint density at radius 2 is 2.25 bits per heavy atom. The Morgan fingerprint density at radius 1 is 1.45 bits per heavy atom. The van der Waals surface area contributed by atoms with Gasteiger partial charge in [-0.15, -0.1) is 11.3 Å². The van der Waals surface area contributed by atoms with Crippen LogP contribution in [0.5, 0.6) is 0 Å². The highest BCUT2D eigenvalue weighted by molar-refractivity contribution is 7.09. The van der Waals surface area contributed by atoms with Crippen LogP contribution in [0.1, 0.15) is 22.3 Å².